The quantitative estimate of drug-likeness (QED) is 0.592. The topological polar surface area (TPSA) is 68.3 Å². The Balaban J connectivity index is 5.38. The van der Waals surface area contributed by atoms with Gasteiger partial charge in [0.05, 0.1) is 0 Å². The van der Waals surface area contributed by atoms with Gasteiger partial charge in [-0.3, -0.25) is 0 Å². The van der Waals surface area contributed by atoms with Gasteiger partial charge in [0.15, 0.2) is 0 Å². The first kappa shape index (κ1) is 15.6. The van der Waals surface area contributed by atoms with Gasteiger partial charge in [0.25, 0.3) is 0 Å². The van der Waals surface area contributed by atoms with Gasteiger partial charge in [-0.25, -0.2) is 0 Å². The van der Waals surface area contributed by atoms with Crippen molar-refractivity contribution >= 4 is 11.6 Å². The molecule has 0 atom stereocenters. The predicted octanol–water partition coefficient (Wildman–Crippen LogP) is 2.31. The van der Waals surface area contributed by atoms with Gasteiger partial charge in [-0.2, -0.15) is 0 Å². The van der Waals surface area contributed by atoms with Crippen LogP contribution in [0.2, 0.25) is 4.31 Å². The molecular weight excluding hydrogens is 292 g/mol. The molecule has 0 aliphatic carbocycles. The Morgan fingerprint density at radius 2 is 1.06 bits per heavy atom. The third-order valence-corrected chi connectivity index (χ3v) is 4.15. The summed E-state index contributed by atoms with van der Waals surface area (Å²) in [5, 5.41) is 0. The Labute approximate surface area is 102 Å². The van der Waals surface area contributed by atoms with Gasteiger partial charge < -0.3 is 0 Å². The molecule has 5 heteroatoms. The van der Waals surface area contributed by atoms with Crippen molar-refractivity contribution in [3.63, 3.8) is 0 Å². The van der Waals surface area contributed by atoms with E-state index in [0.717, 1.165) is 0 Å². The van der Waals surface area contributed by atoms with Crippen LogP contribution in [0.15, 0.2) is 0 Å². The van der Waals surface area contributed by atoms with Crippen LogP contribution >= 0.6 is 0 Å². The van der Waals surface area contributed by atoms with Crippen LogP contribution in [0.4, 0.5) is 0 Å². The van der Waals surface area contributed by atoms with Crippen molar-refractivity contribution in [1.82, 2.24) is 0 Å². The second-order valence-corrected chi connectivity index (χ2v) is 8.31. The molecule has 0 bridgehead atoms. The van der Waals surface area contributed by atoms with Crippen LogP contribution in [-0.2, 0) is 33.6 Å². The Morgan fingerprint density at radius 3 is 1.19 bits per heavy atom. The van der Waals surface area contributed by atoms with Crippen molar-refractivity contribution in [2.75, 3.05) is 0 Å². The summed E-state index contributed by atoms with van der Waals surface area (Å²) < 4.78 is 20.9. The molecule has 0 aromatic heterocycles. The fourth-order valence-corrected chi connectivity index (χ4v) is 3.68. The molecule has 0 aliphatic rings. The van der Waals surface area contributed by atoms with E-state index in [4.69, 9.17) is 0 Å². The Morgan fingerprint density at radius 1 is 0.812 bits per heavy atom. The molecule has 93 valence electrons. The third-order valence-electron chi connectivity index (χ3n) is 2.15. The van der Waals surface area contributed by atoms with Gasteiger partial charge >= 0.3 is 102 Å². The van der Waals surface area contributed by atoms with Gasteiger partial charge in [0.1, 0.15) is 0 Å². The van der Waals surface area contributed by atoms with Crippen LogP contribution in [0.25, 0.3) is 0 Å². The summed E-state index contributed by atoms with van der Waals surface area (Å²) in [5.41, 5.74) is -1.61. The maximum absolute atomic E-state index is 11.9. The average Bonchev–Trinajstić information content (AvgIpc) is 1.99. The first-order chi connectivity index (χ1) is 6.89. The number of hydrogen-bond donors (Lipinski definition) is 0. The van der Waals surface area contributed by atoms with Gasteiger partial charge in [-0.15, -0.1) is 0 Å². The molecule has 0 rings (SSSR count). The van der Waals surface area contributed by atoms with Gasteiger partial charge in [-0.1, -0.05) is 0 Å². The van der Waals surface area contributed by atoms with Crippen molar-refractivity contribution < 1.29 is 33.6 Å². The predicted molar refractivity (Wildman–Crippen MR) is 54.0 cm³/mol. The normalized spacial score (nSPS) is 12.7. The summed E-state index contributed by atoms with van der Waals surface area (Å²) in [6.45, 7) is 9.75. The van der Waals surface area contributed by atoms with E-state index >= 15 is 0 Å². The number of carbonyl (C=O) groups is 2. The molecular formula is C11H19MoO4. The number of carbonyl (C=O) groups excluding carboxylic acids is 2. The average molecular weight is 311 g/mol. The molecule has 0 saturated carbocycles. The maximum atomic E-state index is 11.9. The summed E-state index contributed by atoms with van der Waals surface area (Å²) >= 11 is -4.11. The summed E-state index contributed by atoms with van der Waals surface area (Å²) in [7, 11) is 0. The van der Waals surface area contributed by atoms with Gasteiger partial charge in [-0.05, 0) is 0 Å². The number of ketones is 2. The Kier molecular flexibility index (Phi) is 4.75. The molecule has 0 saturated heterocycles. The molecule has 0 aromatic rings. The van der Waals surface area contributed by atoms with Crippen molar-refractivity contribution in [2.45, 2.75) is 45.9 Å². The fourth-order valence-electron chi connectivity index (χ4n) is 1.08. The Bertz CT molecular complexity index is 332. The van der Waals surface area contributed by atoms with Crippen LogP contribution in [0.1, 0.15) is 41.5 Å². The minimum atomic E-state index is -4.11. The van der Waals surface area contributed by atoms with E-state index in [1.807, 2.05) is 0 Å². The second kappa shape index (κ2) is 4.87. The fraction of sp³-hybridized carbons (Fsp3) is 0.818. The molecule has 0 aliphatic heterocycles. The van der Waals surface area contributed by atoms with Gasteiger partial charge in [0, 0.05) is 0 Å². The summed E-state index contributed by atoms with van der Waals surface area (Å²) in [4.78, 5) is 23.8. The van der Waals surface area contributed by atoms with E-state index in [1.54, 1.807) is 41.5 Å². The summed E-state index contributed by atoms with van der Waals surface area (Å²) in [6, 6.07) is 0. The summed E-state index contributed by atoms with van der Waals surface area (Å²) in [6.07, 6.45) is 0. The van der Waals surface area contributed by atoms with Crippen LogP contribution in [0.5, 0.6) is 0 Å². The zero-order valence-electron chi connectivity index (χ0n) is 10.6. The third kappa shape index (κ3) is 3.89. The standard InChI is InChI=1S/C11H19O2.Mo.2O/c1-10(2,3)8(12)7-9(13)11(4,5)6;;;/h7H,1-6H3;;;. The molecule has 0 amide bonds. The van der Waals surface area contributed by atoms with Crippen molar-refractivity contribution in [2.24, 2.45) is 10.8 Å². The number of rotatable bonds is 3. The van der Waals surface area contributed by atoms with E-state index in [0.29, 0.717) is 0 Å². The van der Waals surface area contributed by atoms with Crippen molar-refractivity contribution in [3.8, 4) is 0 Å². The zero-order chi connectivity index (χ0) is 13.3. The van der Waals surface area contributed by atoms with E-state index in [-0.39, 0.29) is 0 Å². The van der Waals surface area contributed by atoms with E-state index in [9.17, 15) is 16.4 Å². The van der Waals surface area contributed by atoms with Crippen LogP contribution < -0.4 is 0 Å². The van der Waals surface area contributed by atoms with Crippen LogP contribution in [-0.4, -0.2) is 11.6 Å². The molecule has 4 nitrogen and oxygen atoms in total. The molecule has 0 N–H and O–H groups in total. The van der Waals surface area contributed by atoms with Crippen LogP contribution in [0.3, 0.4) is 0 Å². The molecule has 0 heterocycles. The zero-order valence-corrected chi connectivity index (χ0v) is 12.6. The summed E-state index contributed by atoms with van der Waals surface area (Å²) in [5.74, 6) is -0.983. The van der Waals surface area contributed by atoms with E-state index < -0.39 is 43.9 Å². The molecule has 16 heavy (non-hydrogen) atoms. The first-order valence-corrected chi connectivity index (χ1v) is 7.85. The number of hydrogen-bond acceptors (Lipinski definition) is 4. The molecule has 0 fully saturated rings. The monoisotopic (exact) mass is 313 g/mol. The molecule has 0 spiro atoms. The molecule has 0 aromatic carbocycles. The minimum absolute atomic E-state index is 0.492. The van der Waals surface area contributed by atoms with E-state index in [1.165, 1.54) is 0 Å². The molecule has 0 radical (unpaired) electrons. The van der Waals surface area contributed by atoms with Crippen molar-refractivity contribution in [1.29, 1.82) is 0 Å². The second-order valence-electron chi connectivity index (χ2n) is 5.87. The Hall–Kier alpha value is -0.372. The first-order valence-electron chi connectivity index (χ1n) is 5.05. The molecule has 0 unspecified atom stereocenters. The van der Waals surface area contributed by atoms with Gasteiger partial charge in [0.2, 0.25) is 0 Å². The SMILES string of the molecule is CC(C)(C)C(=O)[CH](C(=O)C(C)(C)C)[Mo](=[O])=[O]. The van der Waals surface area contributed by atoms with Crippen molar-refractivity contribution in [3.05, 3.63) is 0 Å². The number of Topliss-reactive ketones (excluding diaryl/α,β-unsaturated/α-hetero) is 2. The van der Waals surface area contributed by atoms with E-state index in [2.05, 4.69) is 0 Å². The van der Waals surface area contributed by atoms with Crippen LogP contribution in [0, 0.1) is 10.8 Å².